The van der Waals surface area contributed by atoms with Crippen LogP contribution in [0.25, 0.3) is 0 Å². The number of nitrogens with one attached hydrogen (secondary N) is 1. The molecule has 1 amide bonds. The molecule has 0 aliphatic carbocycles. The molecular formula is C10H16BrN3O2S. The Morgan fingerprint density at radius 3 is 2.88 bits per heavy atom. The van der Waals surface area contributed by atoms with Gasteiger partial charge in [-0.2, -0.15) is 0 Å². The number of alkyl halides is 1. The van der Waals surface area contributed by atoms with E-state index in [1.807, 2.05) is 13.8 Å². The van der Waals surface area contributed by atoms with E-state index < -0.39 is 0 Å². The second kappa shape index (κ2) is 7.03. The lowest BCUT2D eigenvalue weighted by Gasteiger charge is -2.10. The van der Waals surface area contributed by atoms with Crippen molar-refractivity contribution in [1.29, 1.82) is 0 Å². The van der Waals surface area contributed by atoms with Gasteiger partial charge in [-0.1, -0.05) is 34.3 Å². The van der Waals surface area contributed by atoms with Crippen molar-refractivity contribution < 1.29 is 9.53 Å². The molecule has 1 rings (SSSR count). The number of hydrogen-bond donors (Lipinski definition) is 1. The summed E-state index contributed by atoms with van der Waals surface area (Å²) in [6.07, 6.45) is 0. The Morgan fingerprint density at radius 2 is 2.29 bits per heavy atom. The number of amides is 1. The molecule has 0 aliphatic heterocycles. The smallest absolute Gasteiger partial charge is 0.265 e. The molecule has 7 heteroatoms. The molecule has 0 radical (unpaired) electrons. The van der Waals surface area contributed by atoms with Crippen molar-refractivity contribution >= 4 is 33.4 Å². The third-order valence-corrected chi connectivity index (χ3v) is 3.43. The summed E-state index contributed by atoms with van der Waals surface area (Å²) in [5, 5.41) is 6.80. The Balaban J connectivity index is 2.55. The molecule has 17 heavy (non-hydrogen) atoms. The first-order chi connectivity index (χ1) is 8.06. The molecule has 0 fully saturated rings. The molecule has 1 aromatic rings. The number of halogens is 1. The van der Waals surface area contributed by atoms with Gasteiger partial charge in [0.15, 0.2) is 0 Å². The normalized spacial score (nSPS) is 12.8. The van der Waals surface area contributed by atoms with Crippen molar-refractivity contribution in [2.45, 2.75) is 24.6 Å². The van der Waals surface area contributed by atoms with E-state index in [9.17, 15) is 4.79 Å². The molecule has 1 heterocycles. The van der Waals surface area contributed by atoms with E-state index in [1.165, 1.54) is 0 Å². The highest BCUT2D eigenvalue weighted by atomic mass is 79.9. The lowest BCUT2D eigenvalue weighted by atomic mass is 10.1. The van der Waals surface area contributed by atoms with Gasteiger partial charge in [0.25, 0.3) is 5.91 Å². The minimum absolute atomic E-state index is 0.111. The highest BCUT2D eigenvalue weighted by Gasteiger charge is 2.18. The number of hydrogen-bond acceptors (Lipinski definition) is 5. The highest BCUT2D eigenvalue weighted by Crippen LogP contribution is 2.19. The van der Waals surface area contributed by atoms with Gasteiger partial charge in [0.1, 0.15) is 4.88 Å². The number of nitrogens with zero attached hydrogens (tertiary/aromatic N) is 2. The standard InChI is InChI=1S/C10H16BrN3O2S/c1-6(2)8-9(17-14-13-8)10(15)12-4-7(11)5-16-3/h6-7H,4-5H2,1-3H3,(H,12,15). The fourth-order valence-electron chi connectivity index (χ4n) is 1.26. The summed E-state index contributed by atoms with van der Waals surface area (Å²) in [5.74, 6) is 0.0810. The summed E-state index contributed by atoms with van der Waals surface area (Å²) in [6.45, 7) is 5.05. The molecule has 1 N–H and O–H groups in total. The Bertz CT molecular complexity index is 370. The second-order valence-electron chi connectivity index (χ2n) is 3.90. The molecular weight excluding hydrogens is 306 g/mol. The molecule has 1 atom stereocenters. The van der Waals surface area contributed by atoms with E-state index in [2.05, 4.69) is 30.8 Å². The van der Waals surface area contributed by atoms with Crippen LogP contribution in [0.15, 0.2) is 0 Å². The highest BCUT2D eigenvalue weighted by molar-refractivity contribution is 9.09. The zero-order valence-electron chi connectivity index (χ0n) is 10.1. The van der Waals surface area contributed by atoms with Crippen LogP contribution in [-0.2, 0) is 4.74 Å². The number of rotatable bonds is 6. The summed E-state index contributed by atoms with van der Waals surface area (Å²) in [4.78, 5) is 12.6. The van der Waals surface area contributed by atoms with Gasteiger partial charge in [-0.15, -0.1) is 5.10 Å². The van der Waals surface area contributed by atoms with Gasteiger partial charge in [-0.3, -0.25) is 4.79 Å². The summed E-state index contributed by atoms with van der Waals surface area (Å²) in [7, 11) is 1.63. The van der Waals surface area contributed by atoms with Crippen molar-refractivity contribution in [3.05, 3.63) is 10.6 Å². The molecule has 0 bridgehead atoms. The monoisotopic (exact) mass is 321 g/mol. The Morgan fingerprint density at radius 1 is 1.59 bits per heavy atom. The van der Waals surface area contributed by atoms with Crippen LogP contribution in [0.4, 0.5) is 0 Å². The van der Waals surface area contributed by atoms with Crippen LogP contribution < -0.4 is 5.32 Å². The quantitative estimate of drug-likeness (QED) is 0.811. The predicted molar refractivity (Wildman–Crippen MR) is 70.9 cm³/mol. The van der Waals surface area contributed by atoms with Gasteiger partial charge >= 0.3 is 0 Å². The van der Waals surface area contributed by atoms with Gasteiger partial charge in [0, 0.05) is 13.7 Å². The minimum atomic E-state index is -0.121. The van der Waals surface area contributed by atoms with Gasteiger partial charge in [0.05, 0.1) is 17.1 Å². The summed E-state index contributed by atoms with van der Waals surface area (Å²) < 4.78 is 8.79. The molecule has 1 unspecified atom stereocenters. The average molecular weight is 322 g/mol. The number of carbonyl (C=O) groups excluding carboxylic acids is 1. The predicted octanol–water partition coefficient (Wildman–Crippen LogP) is 1.80. The summed E-state index contributed by atoms with van der Waals surface area (Å²) in [6, 6.07) is 0. The van der Waals surface area contributed by atoms with Crippen molar-refractivity contribution in [3.8, 4) is 0 Å². The average Bonchev–Trinajstić information content (AvgIpc) is 2.75. The van der Waals surface area contributed by atoms with Crippen LogP contribution >= 0.6 is 27.5 Å². The van der Waals surface area contributed by atoms with Crippen molar-refractivity contribution in [1.82, 2.24) is 14.9 Å². The van der Waals surface area contributed by atoms with Crippen LogP contribution in [-0.4, -0.2) is 40.6 Å². The Hall–Kier alpha value is -0.530. The van der Waals surface area contributed by atoms with E-state index in [4.69, 9.17) is 4.74 Å². The van der Waals surface area contributed by atoms with Crippen LogP contribution in [0.1, 0.15) is 35.1 Å². The topological polar surface area (TPSA) is 64.1 Å². The molecule has 1 aromatic heterocycles. The van der Waals surface area contributed by atoms with Crippen molar-refractivity contribution in [2.75, 3.05) is 20.3 Å². The zero-order chi connectivity index (χ0) is 12.8. The van der Waals surface area contributed by atoms with Crippen LogP contribution in [0, 0.1) is 0 Å². The third-order valence-electron chi connectivity index (χ3n) is 2.10. The number of ether oxygens (including phenoxy) is 1. The van der Waals surface area contributed by atoms with E-state index >= 15 is 0 Å². The first-order valence-corrected chi connectivity index (χ1v) is 6.98. The van der Waals surface area contributed by atoms with Crippen LogP contribution in [0.3, 0.4) is 0 Å². The van der Waals surface area contributed by atoms with E-state index in [0.717, 1.165) is 17.2 Å². The third kappa shape index (κ3) is 4.33. The van der Waals surface area contributed by atoms with Gasteiger partial charge in [-0.05, 0) is 17.5 Å². The maximum atomic E-state index is 11.9. The van der Waals surface area contributed by atoms with E-state index in [1.54, 1.807) is 7.11 Å². The van der Waals surface area contributed by atoms with E-state index in [0.29, 0.717) is 18.0 Å². The molecule has 0 saturated carbocycles. The van der Waals surface area contributed by atoms with Crippen molar-refractivity contribution in [2.24, 2.45) is 0 Å². The largest absolute Gasteiger partial charge is 0.383 e. The van der Waals surface area contributed by atoms with Gasteiger partial charge in [0.2, 0.25) is 0 Å². The summed E-state index contributed by atoms with van der Waals surface area (Å²) in [5.41, 5.74) is 0.755. The van der Waals surface area contributed by atoms with E-state index in [-0.39, 0.29) is 16.7 Å². The lowest BCUT2D eigenvalue weighted by molar-refractivity contribution is 0.0952. The Kier molecular flexibility index (Phi) is 6.01. The molecule has 96 valence electrons. The second-order valence-corrected chi connectivity index (χ2v) is 5.95. The molecule has 0 aliphatic rings. The fourth-order valence-corrected chi connectivity index (χ4v) is 2.42. The molecule has 0 saturated heterocycles. The summed E-state index contributed by atoms with van der Waals surface area (Å²) >= 11 is 4.54. The maximum absolute atomic E-state index is 11.9. The first kappa shape index (κ1) is 14.5. The molecule has 0 aromatic carbocycles. The van der Waals surface area contributed by atoms with Crippen LogP contribution in [0.2, 0.25) is 0 Å². The minimum Gasteiger partial charge on any atom is -0.383 e. The zero-order valence-corrected chi connectivity index (χ0v) is 12.5. The van der Waals surface area contributed by atoms with Crippen molar-refractivity contribution in [3.63, 3.8) is 0 Å². The number of methoxy groups -OCH3 is 1. The van der Waals surface area contributed by atoms with Crippen LogP contribution in [0.5, 0.6) is 0 Å². The molecule has 0 spiro atoms. The number of aromatic nitrogens is 2. The lowest BCUT2D eigenvalue weighted by Crippen LogP contribution is -2.31. The maximum Gasteiger partial charge on any atom is 0.265 e. The van der Waals surface area contributed by atoms with Gasteiger partial charge < -0.3 is 10.1 Å². The SMILES string of the molecule is COCC(Br)CNC(=O)c1snnc1C(C)C. The molecule has 5 nitrogen and oxygen atoms in total. The first-order valence-electron chi connectivity index (χ1n) is 5.29. The van der Waals surface area contributed by atoms with Gasteiger partial charge in [-0.25, -0.2) is 0 Å². The fraction of sp³-hybridized carbons (Fsp3) is 0.700. The number of carbonyl (C=O) groups is 1. The Labute approximate surface area is 113 Å².